The summed E-state index contributed by atoms with van der Waals surface area (Å²) in [5.74, 6) is 1.09. The molecular weight excluding hydrogens is 362 g/mol. The third-order valence-corrected chi connectivity index (χ3v) is 6.89. The fraction of sp³-hybridized carbons (Fsp3) is 0.667. The van der Waals surface area contributed by atoms with Crippen LogP contribution >= 0.6 is 0 Å². The van der Waals surface area contributed by atoms with Crippen molar-refractivity contribution in [3.05, 3.63) is 35.9 Å². The van der Waals surface area contributed by atoms with E-state index in [9.17, 15) is 9.59 Å². The maximum atomic E-state index is 13.3. The summed E-state index contributed by atoms with van der Waals surface area (Å²) in [6.45, 7) is 9.55. The molecule has 3 rings (SSSR count). The number of amides is 2. The Hall–Kier alpha value is -1.88. The van der Waals surface area contributed by atoms with Crippen LogP contribution in [0.25, 0.3) is 0 Å². The maximum absolute atomic E-state index is 13.3. The summed E-state index contributed by atoms with van der Waals surface area (Å²) in [5, 5.41) is 3.22. The van der Waals surface area contributed by atoms with Crippen molar-refractivity contribution in [1.29, 1.82) is 0 Å². The quantitative estimate of drug-likeness (QED) is 0.717. The molecule has 0 bridgehead atoms. The number of nitrogens with one attached hydrogen (secondary N) is 1. The monoisotopic (exact) mass is 399 g/mol. The molecule has 0 spiro atoms. The number of benzene rings is 1. The molecule has 2 aliphatic rings. The molecule has 2 saturated heterocycles. The van der Waals surface area contributed by atoms with E-state index in [4.69, 9.17) is 0 Å². The molecule has 1 aromatic rings. The number of likely N-dealkylation sites (tertiary alicyclic amines) is 2. The second-order valence-electron chi connectivity index (χ2n) is 8.94. The first-order valence-corrected chi connectivity index (χ1v) is 11.3. The number of carbonyl (C=O) groups is 2. The topological polar surface area (TPSA) is 52.7 Å². The van der Waals surface area contributed by atoms with Gasteiger partial charge in [-0.05, 0) is 69.6 Å². The largest absolute Gasteiger partial charge is 0.355 e. The number of unbranched alkanes of at least 4 members (excludes halogenated alkanes) is 1. The van der Waals surface area contributed by atoms with Crippen molar-refractivity contribution < 1.29 is 9.59 Å². The average Bonchev–Trinajstić information content (AvgIpc) is 2.75. The van der Waals surface area contributed by atoms with E-state index in [1.54, 1.807) is 6.92 Å². The van der Waals surface area contributed by atoms with Crippen LogP contribution in [0.5, 0.6) is 0 Å². The Bertz CT molecular complexity index is 660. The van der Waals surface area contributed by atoms with Crippen LogP contribution in [-0.2, 0) is 15.0 Å². The number of hydrogen-bond acceptors (Lipinski definition) is 3. The highest BCUT2D eigenvalue weighted by molar-refractivity contribution is 5.88. The van der Waals surface area contributed by atoms with Crippen LogP contribution in [0.3, 0.4) is 0 Å². The standard InChI is InChI=1S/C24H37N3O2/c1-20-10-16-26(17-11-20)15-7-6-14-25-23(29)24(22-8-4-3-5-9-22)12-18-27(19-13-24)21(2)28/h3-5,8-9,20H,6-7,10-19H2,1-2H3,(H,25,29). The van der Waals surface area contributed by atoms with Gasteiger partial charge in [0.1, 0.15) is 0 Å². The Morgan fingerprint density at radius 1 is 1.03 bits per heavy atom. The smallest absolute Gasteiger partial charge is 0.230 e. The fourth-order valence-electron chi connectivity index (χ4n) is 4.72. The molecule has 5 nitrogen and oxygen atoms in total. The van der Waals surface area contributed by atoms with Gasteiger partial charge in [-0.1, -0.05) is 37.3 Å². The van der Waals surface area contributed by atoms with Crippen molar-refractivity contribution >= 4 is 11.8 Å². The van der Waals surface area contributed by atoms with Crippen molar-refractivity contribution in [3.63, 3.8) is 0 Å². The molecule has 0 saturated carbocycles. The Kier molecular flexibility index (Phi) is 7.70. The van der Waals surface area contributed by atoms with E-state index < -0.39 is 5.41 Å². The molecule has 2 amide bonds. The zero-order valence-corrected chi connectivity index (χ0v) is 18.2. The molecule has 29 heavy (non-hydrogen) atoms. The van der Waals surface area contributed by atoms with Crippen molar-refractivity contribution in [2.24, 2.45) is 5.92 Å². The van der Waals surface area contributed by atoms with E-state index in [0.717, 1.165) is 37.4 Å². The van der Waals surface area contributed by atoms with Crippen molar-refractivity contribution in [2.75, 3.05) is 39.3 Å². The van der Waals surface area contributed by atoms with Crippen LogP contribution in [0.2, 0.25) is 0 Å². The summed E-state index contributed by atoms with van der Waals surface area (Å²) in [5.41, 5.74) is 0.555. The van der Waals surface area contributed by atoms with Crippen molar-refractivity contribution in [2.45, 2.75) is 57.8 Å². The van der Waals surface area contributed by atoms with E-state index in [1.807, 2.05) is 23.1 Å². The zero-order valence-electron chi connectivity index (χ0n) is 18.2. The highest BCUT2D eigenvalue weighted by Gasteiger charge is 2.43. The molecule has 0 atom stereocenters. The molecule has 0 radical (unpaired) electrons. The Labute approximate surface area is 175 Å². The lowest BCUT2D eigenvalue weighted by Gasteiger charge is -2.40. The highest BCUT2D eigenvalue weighted by atomic mass is 16.2. The molecule has 2 aliphatic heterocycles. The van der Waals surface area contributed by atoms with Crippen LogP contribution in [0.4, 0.5) is 0 Å². The first-order chi connectivity index (χ1) is 14.0. The van der Waals surface area contributed by atoms with Crippen LogP contribution < -0.4 is 5.32 Å². The minimum Gasteiger partial charge on any atom is -0.355 e. The molecule has 0 unspecified atom stereocenters. The van der Waals surface area contributed by atoms with Gasteiger partial charge in [0.05, 0.1) is 5.41 Å². The van der Waals surface area contributed by atoms with E-state index >= 15 is 0 Å². The Morgan fingerprint density at radius 3 is 2.31 bits per heavy atom. The number of carbonyl (C=O) groups excluding carboxylic acids is 2. The minimum atomic E-state index is -0.518. The number of hydrogen-bond donors (Lipinski definition) is 1. The fourth-order valence-corrected chi connectivity index (χ4v) is 4.72. The molecule has 2 fully saturated rings. The first kappa shape index (κ1) is 21.8. The number of rotatable bonds is 7. The van der Waals surface area contributed by atoms with Crippen LogP contribution in [0, 0.1) is 5.92 Å². The maximum Gasteiger partial charge on any atom is 0.230 e. The van der Waals surface area contributed by atoms with Crippen molar-refractivity contribution in [1.82, 2.24) is 15.1 Å². The predicted molar refractivity (Wildman–Crippen MR) is 117 cm³/mol. The Morgan fingerprint density at radius 2 is 1.69 bits per heavy atom. The highest BCUT2D eigenvalue weighted by Crippen LogP contribution is 2.36. The average molecular weight is 400 g/mol. The normalized spacial score (nSPS) is 20.4. The molecule has 160 valence electrons. The lowest BCUT2D eigenvalue weighted by Crippen LogP contribution is -2.52. The van der Waals surface area contributed by atoms with Gasteiger partial charge in [-0.25, -0.2) is 0 Å². The molecule has 5 heteroatoms. The van der Waals surface area contributed by atoms with E-state index in [0.29, 0.717) is 25.9 Å². The van der Waals surface area contributed by atoms with Gasteiger partial charge < -0.3 is 15.1 Å². The minimum absolute atomic E-state index is 0.0965. The Balaban J connectivity index is 1.51. The number of piperidine rings is 2. The third-order valence-electron chi connectivity index (χ3n) is 6.89. The predicted octanol–water partition coefficient (Wildman–Crippen LogP) is 3.20. The van der Waals surface area contributed by atoms with E-state index in [-0.39, 0.29) is 11.8 Å². The van der Waals surface area contributed by atoms with Gasteiger partial charge in [0, 0.05) is 26.6 Å². The second kappa shape index (κ2) is 10.2. The summed E-state index contributed by atoms with van der Waals surface area (Å²) in [7, 11) is 0. The van der Waals surface area contributed by atoms with Crippen LogP contribution in [-0.4, -0.2) is 60.9 Å². The second-order valence-corrected chi connectivity index (χ2v) is 8.94. The summed E-state index contributed by atoms with van der Waals surface area (Å²) in [6.07, 6.45) is 6.15. The van der Waals surface area contributed by atoms with Gasteiger partial charge in [0.2, 0.25) is 11.8 Å². The van der Waals surface area contributed by atoms with E-state index in [2.05, 4.69) is 29.3 Å². The lowest BCUT2D eigenvalue weighted by atomic mass is 9.72. The summed E-state index contributed by atoms with van der Waals surface area (Å²) in [6, 6.07) is 10.1. The molecule has 2 heterocycles. The molecule has 0 aromatic heterocycles. The van der Waals surface area contributed by atoms with Crippen LogP contribution in [0.15, 0.2) is 30.3 Å². The van der Waals surface area contributed by atoms with Gasteiger partial charge in [-0.2, -0.15) is 0 Å². The van der Waals surface area contributed by atoms with Gasteiger partial charge in [-0.15, -0.1) is 0 Å². The van der Waals surface area contributed by atoms with Gasteiger partial charge in [0.25, 0.3) is 0 Å². The lowest BCUT2D eigenvalue weighted by molar-refractivity contribution is -0.135. The first-order valence-electron chi connectivity index (χ1n) is 11.3. The molecule has 0 aliphatic carbocycles. The molecule has 1 aromatic carbocycles. The van der Waals surface area contributed by atoms with Gasteiger partial charge >= 0.3 is 0 Å². The zero-order chi connectivity index (χ0) is 20.7. The SMILES string of the molecule is CC(=O)N1CCC(C(=O)NCCCCN2CCC(C)CC2)(c2ccccc2)CC1. The summed E-state index contributed by atoms with van der Waals surface area (Å²) in [4.78, 5) is 29.4. The van der Waals surface area contributed by atoms with Gasteiger partial charge in [0.15, 0.2) is 0 Å². The number of nitrogens with zero attached hydrogens (tertiary/aromatic N) is 2. The van der Waals surface area contributed by atoms with E-state index in [1.165, 1.54) is 25.9 Å². The van der Waals surface area contributed by atoms with Crippen molar-refractivity contribution in [3.8, 4) is 0 Å². The molecular formula is C24H37N3O2. The van der Waals surface area contributed by atoms with Crippen LogP contribution in [0.1, 0.15) is 57.9 Å². The summed E-state index contributed by atoms with van der Waals surface area (Å²) < 4.78 is 0. The molecule has 1 N–H and O–H groups in total. The summed E-state index contributed by atoms with van der Waals surface area (Å²) >= 11 is 0. The third kappa shape index (κ3) is 5.59. The van der Waals surface area contributed by atoms with Gasteiger partial charge in [-0.3, -0.25) is 9.59 Å².